The van der Waals surface area contributed by atoms with Gasteiger partial charge in [0.1, 0.15) is 0 Å². The van der Waals surface area contributed by atoms with Gasteiger partial charge < -0.3 is 0 Å². The Labute approximate surface area is 108 Å². The monoisotopic (exact) mass is 394 g/mol. The van der Waals surface area contributed by atoms with E-state index in [-0.39, 0.29) is 48.0 Å². The molecule has 1 rings (SSSR count). The molecule has 0 saturated heterocycles. The van der Waals surface area contributed by atoms with Gasteiger partial charge in [0.05, 0.1) is 0 Å². The summed E-state index contributed by atoms with van der Waals surface area (Å²) in [7, 11) is 0. The fraction of sp³-hybridized carbons (Fsp3) is 0.667. The summed E-state index contributed by atoms with van der Waals surface area (Å²) in [4.78, 5) is 11.2. The normalized spacial score (nSPS) is 16.2. The van der Waals surface area contributed by atoms with Crippen molar-refractivity contribution in [1.82, 2.24) is 0 Å². The Morgan fingerprint density at radius 2 is 1.58 bits per heavy atom. The van der Waals surface area contributed by atoms with E-state index < -0.39 is 0 Å². The molecule has 1 aliphatic rings. The third kappa shape index (κ3) is 4.20. The molecule has 0 aromatic rings. The second-order valence-electron chi connectivity index (χ2n) is 3.11. The minimum atomic E-state index is 0. The Morgan fingerprint density at radius 1 is 1.08 bits per heavy atom. The molecule has 3 heteroatoms. The lowest BCUT2D eigenvalue weighted by atomic mass is 9.91. The molecular weight excluding hydrogens is 378 g/mol. The third-order valence-electron chi connectivity index (χ3n) is 2.02. The molecule has 0 radical (unpaired) electrons. The third-order valence-corrected chi connectivity index (χ3v) is 2.02. The zero-order chi connectivity index (χ0) is 7.56. The first-order chi connectivity index (χ1) is 4.72. The summed E-state index contributed by atoms with van der Waals surface area (Å²) in [5, 5.41) is 0. The predicted molar refractivity (Wildman–Crippen MR) is 72.7 cm³/mol. The van der Waals surface area contributed by atoms with Gasteiger partial charge in [0.2, 0.25) is 0 Å². The summed E-state index contributed by atoms with van der Waals surface area (Å²) in [6.45, 7) is 4.05. The van der Waals surface area contributed by atoms with E-state index in [1.165, 1.54) is 12.0 Å². The van der Waals surface area contributed by atoms with Crippen molar-refractivity contribution in [2.24, 2.45) is 0 Å². The van der Waals surface area contributed by atoms with Gasteiger partial charge in [-0.3, -0.25) is 4.79 Å². The highest BCUT2D eigenvalue weighted by molar-refractivity contribution is 14.0. The molecule has 0 heterocycles. The lowest BCUT2D eigenvalue weighted by Crippen LogP contribution is -2.09. The van der Waals surface area contributed by atoms with E-state index in [1.807, 2.05) is 13.8 Å². The molecule has 1 nitrogen and oxygen atoms in total. The average molecular weight is 394 g/mol. The van der Waals surface area contributed by atoms with Crippen molar-refractivity contribution in [3.8, 4) is 0 Å². The predicted octanol–water partition coefficient (Wildman–Crippen LogP) is 3.70. The molecule has 0 unspecified atom stereocenters. The van der Waals surface area contributed by atoms with Gasteiger partial charge in [0.15, 0.2) is 5.78 Å². The van der Waals surface area contributed by atoms with Crippen LogP contribution in [0.2, 0.25) is 0 Å². The molecule has 1 aliphatic carbocycles. The Balaban J connectivity index is 0. The van der Waals surface area contributed by atoms with Crippen LogP contribution in [0, 0.1) is 0 Å². The van der Waals surface area contributed by atoms with Crippen molar-refractivity contribution >= 4 is 53.7 Å². The van der Waals surface area contributed by atoms with E-state index in [4.69, 9.17) is 0 Å². The number of hydrogen-bond acceptors (Lipinski definition) is 1. The minimum Gasteiger partial charge on any atom is -0.295 e. The minimum absolute atomic E-state index is 0. The number of Topliss-reactive ketones (excluding diaryl/α,β-unsaturated/α-hetero) is 1. The standard InChI is InChI=1S/C9H14O.2HI/c1-7(2)8-5-3-4-6-9(8)10;;/h3-6H2,1-2H3;2*1H. The van der Waals surface area contributed by atoms with Crippen molar-refractivity contribution in [3.63, 3.8) is 0 Å². The number of carbonyl (C=O) groups excluding carboxylic acids is 1. The van der Waals surface area contributed by atoms with Gasteiger partial charge in [-0.1, -0.05) is 5.57 Å². The maximum Gasteiger partial charge on any atom is 0.158 e. The fourth-order valence-corrected chi connectivity index (χ4v) is 1.41. The molecule has 72 valence electrons. The Morgan fingerprint density at radius 3 is 1.92 bits per heavy atom. The number of rotatable bonds is 0. The maximum atomic E-state index is 11.2. The van der Waals surface area contributed by atoms with Crippen LogP contribution in [0.4, 0.5) is 0 Å². The van der Waals surface area contributed by atoms with Crippen LogP contribution in [0.5, 0.6) is 0 Å². The van der Waals surface area contributed by atoms with Crippen molar-refractivity contribution in [2.45, 2.75) is 39.5 Å². The van der Waals surface area contributed by atoms with E-state index in [1.54, 1.807) is 0 Å². The van der Waals surface area contributed by atoms with Crippen LogP contribution in [0.15, 0.2) is 11.1 Å². The Kier molecular flexibility index (Phi) is 9.32. The topological polar surface area (TPSA) is 17.1 Å². The fourth-order valence-electron chi connectivity index (χ4n) is 1.41. The smallest absolute Gasteiger partial charge is 0.158 e. The second kappa shape index (κ2) is 7.29. The van der Waals surface area contributed by atoms with Crippen LogP contribution >= 0.6 is 48.0 Å². The van der Waals surface area contributed by atoms with Gasteiger partial charge in [0, 0.05) is 6.42 Å². The molecule has 0 N–H and O–H groups in total. The highest BCUT2D eigenvalue weighted by Gasteiger charge is 2.14. The van der Waals surface area contributed by atoms with E-state index >= 15 is 0 Å². The highest BCUT2D eigenvalue weighted by Crippen LogP contribution is 2.22. The summed E-state index contributed by atoms with van der Waals surface area (Å²) in [6, 6.07) is 0. The van der Waals surface area contributed by atoms with Gasteiger partial charge in [-0.15, -0.1) is 48.0 Å². The summed E-state index contributed by atoms with van der Waals surface area (Å²) in [5.41, 5.74) is 2.30. The molecule has 0 atom stereocenters. The lowest BCUT2D eigenvalue weighted by molar-refractivity contribution is -0.116. The SMILES string of the molecule is CC(C)=C1CCCCC1=O.I.I. The number of carbonyl (C=O) groups is 1. The molecule has 0 bridgehead atoms. The molecule has 1 saturated carbocycles. The molecular formula is C9H16I2O. The lowest BCUT2D eigenvalue weighted by Gasteiger charge is -2.13. The van der Waals surface area contributed by atoms with E-state index in [2.05, 4.69) is 0 Å². The number of hydrogen-bond donors (Lipinski definition) is 0. The van der Waals surface area contributed by atoms with Crippen LogP contribution < -0.4 is 0 Å². The zero-order valence-corrected chi connectivity index (χ0v) is 12.2. The van der Waals surface area contributed by atoms with Crippen LogP contribution in [0.25, 0.3) is 0 Å². The summed E-state index contributed by atoms with van der Waals surface area (Å²) < 4.78 is 0. The Bertz CT molecular complexity index is 181. The maximum absolute atomic E-state index is 11.2. The van der Waals surface area contributed by atoms with Gasteiger partial charge in [-0.05, 0) is 38.7 Å². The average Bonchev–Trinajstić information content (AvgIpc) is 1.88. The zero-order valence-electron chi connectivity index (χ0n) is 7.55. The second-order valence-corrected chi connectivity index (χ2v) is 3.11. The molecule has 0 amide bonds. The van der Waals surface area contributed by atoms with E-state index in [0.29, 0.717) is 5.78 Å². The molecule has 0 aliphatic heterocycles. The summed E-state index contributed by atoms with van der Waals surface area (Å²) >= 11 is 0. The summed E-state index contributed by atoms with van der Waals surface area (Å²) in [6.07, 6.45) is 4.09. The largest absolute Gasteiger partial charge is 0.295 e. The van der Waals surface area contributed by atoms with Crippen molar-refractivity contribution < 1.29 is 4.79 Å². The van der Waals surface area contributed by atoms with Crippen LogP contribution in [-0.2, 0) is 4.79 Å². The van der Waals surface area contributed by atoms with Crippen LogP contribution in [-0.4, -0.2) is 5.78 Å². The molecule has 12 heavy (non-hydrogen) atoms. The van der Waals surface area contributed by atoms with Gasteiger partial charge >= 0.3 is 0 Å². The van der Waals surface area contributed by atoms with Gasteiger partial charge in [0.25, 0.3) is 0 Å². The molecule has 1 fully saturated rings. The van der Waals surface area contributed by atoms with Crippen molar-refractivity contribution in [3.05, 3.63) is 11.1 Å². The quantitative estimate of drug-likeness (QED) is 0.453. The highest BCUT2D eigenvalue weighted by atomic mass is 127. The molecule has 0 spiro atoms. The van der Waals surface area contributed by atoms with Crippen molar-refractivity contribution in [2.75, 3.05) is 0 Å². The summed E-state index contributed by atoms with van der Waals surface area (Å²) in [5.74, 6) is 0.381. The number of halogens is 2. The van der Waals surface area contributed by atoms with Crippen LogP contribution in [0.1, 0.15) is 39.5 Å². The van der Waals surface area contributed by atoms with E-state index in [9.17, 15) is 4.79 Å². The van der Waals surface area contributed by atoms with Gasteiger partial charge in [-0.2, -0.15) is 0 Å². The van der Waals surface area contributed by atoms with Gasteiger partial charge in [-0.25, -0.2) is 0 Å². The number of ketones is 1. The molecule has 0 aromatic carbocycles. The first-order valence-corrected chi connectivity index (χ1v) is 3.91. The first-order valence-electron chi connectivity index (χ1n) is 3.91. The molecule has 0 aromatic heterocycles. The first kappa shape index (κ1) is 15.3. The van der Waals surface area contributed by atoms with Crippen molar-refractivity contribution in [1.29, 1.82) is 0 Å². The number of allylic oxidation sites excluding steroid dienone is 2. The Hall–Kier alpha value is 0.870. The van der Waals surface area contributed by atoms with E-state index in [0.717, 1.165) is 24.8 Å². The van der Waals surface area contributed by atoms with Crippen LogP contribution in [0.3, 0.4) is 0 Å².